The van der Waals surface area contributed by atoms with Crippen molar-refractivity contribution in [2.24, 2.45) is 0 Å². The molecule has 2 amide bonds. The van der Waals surface area contributed by atoms with Crippen LogP contribution in [0.25, 0.3) is 0 Å². The summed E-state index contributed by atoms with van der Waals surface area (Å²) in [5.41, 5.74) is -0.522. The van der Waals surface area contributed by atoms with Gasteiger partial charge in [0.15, 0.2) is 17.0 Å². The first kappa shape index (κ1) is 21.6. The van der Waals surface area contributed by atoms with Crippen molar-refractivity contribution in [1.82, 2.24) is 15.2 Å². The number of halogens is 2. The third kappa shape index (κ3) is 6.74. The monoisotopic (exact) mass is 417 g/mol. The third-order valence-electron chi connectivity index (χ3n) is 3.94. The average Bonchev–Trinajstić information content (AvgIpc) is 2.57. The van der Waals surface area contributed by atoms with Crippen LogP contribution in [0, 0.1) is 0 Å². The molecule has 0 unspecified atom stereocenters. The number of carbonyl (C=O) groups excluding carboxylic acids is 2. The minimum absolute atomic E-state index is 0.0322. The quantitative estimate of drug-likeness (QED) is 0.755. The molecule has 27 heavy (non-hydrogen) atoms. The number of piperidine rings is 1. The summed E-state index contributed by atoms with van der Waals surface area (Å²) in [6.07, 6.45) is 1.62. The lowest BCUT2D eigenvalue weighted by atomic mass is 10.1. The Hall–Kier alpha value is -1.73. The fourth-order valence-electron chi connectivity index (χ4n) is 2.58. The fourth-order valence-corrected chi connectivity index (χ4v) is 2.88. The number of aromatic nitrogens is 1. The Labute approximate surface area is 169 Å². The number of rotatable bonds is 4. The molecule has 7 nitrogen and oxygen atoms in total. The number of nitrogens with one attached hydrogen (secondary N) is 1. The van der Waals surface area contributed by atoms with E-state index in [9.17, 15) is 9.59 Å². The Balaban J connectivity index is 1.81. The normalized spacial score (nSPS) is 16.6. The highest BCUT2D eigenvalue weighted by Crippen LogP contribution is 2.26. The van der Waals surface area contributed by atoms with Gasteiger partial charge in [0.2, 0.25) is 0 Å². The zero-order chi connectivity index (χ0) is 20.2. The van der Waals surface area contributed by atoms with Gasteiger partial charge in [0.05, 0.1) is 5.02 Å². The van der Waals surface area contributed by atoms with Crippen LogP contribution in [0.15, 0.2) is 12.3 Å². The Kier molecular flexibility index (Phi) is 7.17. The number of ether oxygens (including phenoxy) is 2. The first-order valence-corrected chi connectivity index (χ1v) is 9.57. The molecule has 0 bridgehead atoms. The first-order chi connectivity index (χ1) is 12.5. The van der Waals surface area contributed by atoms with Gasteiger partial charge in [-0.3, -0.25) is 4.79 Å². The van der Waals surface area contributed by atoms with Crippen molar-refractivity contribution in [1.29, 1.82) is 0 Å². The van der Waals surface area contributed by atoms with E-state index >= 15 is 0 Å². The zero-order valence-electron chi connectivity index (χ0n) is 15.9. The largest absolute Gasteiger partial charge is 0.478 e. The van der Waals surface area contributed by atoms with Gasteiger partial charge in [0, 0.05) is 31.4 Å². The molecule has 0 saturated carbocycles. The highest BCUT2D eigenvalue weighted by Gasteiger charge is 2.28. The molecular weight excluding hydrogens is 393 g/mol. The second-order valence-corrected chi connectivity index (χ2v) is 8.25. The van der Waals surface area contributed by atoms with Crippen molar-refractivity contribution >= 4 is 35.2 Å². The molecule has 9 heteroatoms. The van der Waals surface area contributed by atoms with Gasteiger partial charge in [-0.2, -0.15) is 0 Å². The van der Waals surface area contributed by atoms with Gasteiger partial charge in [-0.1, -0.05) is 23.2 Å². The highest BCUT2D eigenvalue weighted by atomic mass is 35.5. The minimum atomic E-state index is -0.758. The van der Waals surface area contributed by atoms with Crippen LogP contribution >= 0.6 is 23.2 Å². The van der Waals surface area contributed by atoms with Gasteiger partial charge in [-0.25, -0.2) is 9.78 Å². The lowest BCUT2D eigenvalue weighted by molar-refractivity contribution is -0.128. The maximum Gasteiger partial charge on any atom is 0.410 e. The Morgan fingerprint density at radius 3 is 2.52 bits per heavy atom. The van der Waals surface area contributed by atoms with E-state index in [1.54, 1.807) is 11.8 Å². The van der Waals surface area contributed by atoms with Gasteiger partial charge < -0.3 is 19.7 Å². The van der Waals surface area contributed by atoms with Crippen LogP contribution in [0.1, 0.15) is 40.5 Å². The van der Waals surface area contributed by atoms with E-state index in [0.717, 1.165) is 0 Å². The summed E-state index contributed by atoms with van der Waals surface area (Å²) >= 11 is 11.8. The number of carbonyl (C=O) groups is 2. The van der Waals surface area contributed by atoms with E-state index in [1.807, 2.05) is 20.8 Å². The molecule has 2 rings (SSSR count). The maximum absolute atomic E-state index is 12.4. The molecule has 0 aliphatic carbocycles. The molecule has 0 aromatic carbocycles. The summed E-state index contributed by atoms with van der Waals surface area (Å²) < 4.78 is 10.9. The number of hydrogen-bond donors (Lipinski definition) is 1. The van der Waals surface area contributed by atoms with Gasteiger partial charge in [-0.15, -0.1) is 0 Å². The second kappa shape index (κ2) is 8.97. The first-order valence-electron chi connectivity index (χ1n) is 8.81. The Morgan fingerprint density at radius 1 is 1.30 bits per heavy atom. The topological polar surface area (TPSA) is 80.8 Å². The molecule has 1 aliphatic heterocycles. The fraction of sp³-hybridized carbons (Fsp3) is 0.611. The summed E-state index contributed by atoms with van der Waals surface area (Å²) in [6.45, 7) is 8.18. The van der Waals surface area contributed by atoms with E-state index in [-0.39, 0.29) is 28.9 Å². The summed E-state index contributed by atoms with van der Waals surface area (Å²) in [6, 6.07) is 1.48. The molecule has 1 fully saturated rings. The Morgan fingerprint density at radius 2 is 1.93 bits per heavy atom. The van der Waals surface area contributed by atoms with E-state index in [1.165, 1.54) is 12.3 Å². The van der Waals surface area contributed by atoms with E-state index < -0.39 is 11.7 Å². The molecule has 1 saturated heterocycles. The smallest absolute Gasteiger partial charge is 0.410 e. The zero-order valence-corrected chi connectivity index (χ0v) is 17.4. The number of likely N-dealkylation sites (tertiary alicyclic amines) is 1. The van der Waals surface area contributed by atoms with Crippen molar-refractivity contribution in [3.63, 3.8) is 0 Å². The lowest BCUT2D eigenvalue weighted by Crippen LogP contribution is -2.50. The molecule has 1 N–H and O–H groups in total. The lowest BCUT2D eigenvalue weighted by Gasteiger charge is -2.34. The van der Waals surface area contributed by atoms with Crippen molar-refractivity contribution in [2.75, 3.05) is 13.1 Å². The van der Waals surface area contributed by atoms with Gasteiger partial charge in [0.1, 0.15) is 5.60 Å². The summed E-state index contributed by atoms with van der Waals surface area (Å²) in [5.74, 6) is -0.00618. The van der Waals surface area contributed by atoms with Crippen molar-refractivity contribution in [3.05, 3.63) is 22.4 Å². The molecule has 0 spiro atoms. The van der Waals surface area contributed by atoms with Crippen LogP contribution in [0.3, 0.4) is 0 Å². The predicted molar refractivity (Wildman–Crippen MR) is 103 cm³/mol. The van der Waals surface area contributed by atoms with Crippen LogP contribution in [-0.2, 0) is 9.53 Å². The van der Waals surface area contributed by atoms with Gasteiger partial charge in [0.25, 0.3) is 5.91 Å². The van der Waals surface area contributed by atoms with E-state index in [0.29, 0.717) is 31.0 Å². The van der Waals surface area contributed by atoms with Crippen molar-refractivity contribution in [2.45, 2.75) is 58.3 Å². The highest BCUT2D eigenvalue weighted by molar-refractivity contribution is 6.33. The molecular formula is C18H25Cl2N3O4. The maximum atomic E-state index is 12.4. The van der Waals surface area contributed by atoms with Crippen LogP contribution in [0.2, 0.25) is 10.2 Å². The van der Waals surface area contributed by atoms with Crippen molar-refractivity contribution < 1.29 is 19.1 Å². The van der Waals surface area contributed by atoms with E-state index in [2.05, 4.69) is 10.3 Å². The van der Waals surface area contributed by atoms with E-state index in [4.69, 9.17) is 32.7 Å². The summed E-state index contributed by atoms with van der Waals surface area (Å²) in [4.78, 5) is 30.0. The van der Waals surface area contributed by atoms with Crippen LogP contribution in [0.5, 0.6) is 5.75 Å². The number of nitrogens with zero attached hydrogens (tertiary/aromatic N) is 2. The number of hydrogen-bond acceptors (Lipinski definition) is 5. The minimum Gasteiger partial charge on any atom is -0.478 e. The number of pyridine rings is 1. The Bertz CT molecular complexity index is 686. The van der Waals surface area contributed by atoms with Crippen LogP contribution < -0.4 is 10.1 Å². The molecule has 1 atom stereocenters. The summed E-state index contributed by atoms with van der Waals surface area (Å²) in [7, 11) is 0. The average molecular weight is 418 g/mol. The van der Waals surface area contributed by atoms with Gasteiger partial charge >= 0.3 is 6.09 Å². The van der Waals surface area contributed by atoms with Crippen LogP contribution in [-0.4, -0.2) is 52.7 Å². The second-order valence-electron chi connectivity index (χ2n) is 7.45. The van der Waals surface area contributed by atoms with Crippen molar-refractivity contribution in [3.8, 4) is 5.75 Å². The van der Waals surface area contributed by atoms with Gasteiger partial charge in [-0.05, 0) is 40.5 Å². The predicted octanol–water partition coefficient (Wildman–Crippen LogP) is 3.67. The van der Waals surface area contributed by atoms with Crippen LogP contribution in [0.4, 0.5) is 4.79 Å². The number of amides is 2. The third-order valence-corrected chi connectivity index (χ3v) is 4.43. The molecule has 1 aromatic rings. The molecule has 0 radical (unpaired) electrons. The standard InChI is InChI=1S/C18H25Cl2N3O4/c1-11(26-14-9-12(19)10-21-15(14)20)16(24)22-13-5-7-23(8-6-13)17(25)27-18(2,3)4/h9-11,13H,5-8H2,1-4H3,(H,22,24)/t11-/m0/s1. The SMILES string of the molecule is C[C@H](Oc1cc(Cl)cnc1Cl)C(=O)NC1CCN(C(=O)OC(C)(C)C)CC1. The molecule has 1 aliphatic rings. The molecule has 150 valence electrons. The summed E-state index contributed by atoms with van der Waals surface area (Å²) in [5, 5.41) is 3.46. The molecule has 1 aromatic heterocycles. The molecule has 2 heterocycles.